The number of nitrogens with one attached hydrogen (secondary N) is 2. The minimum Gasteiger partial charge on any atom is -0.356 e. The van der Waals surface area contributed by atoms with Crippen LogP contribution >= 0.6 is 0 Å². The molecule has 0 aromatic carbocycles. The molecule has 1 aliphatic heterocycles. The van der Waals surface area contributed by atoms with Crippen molar-refractivity contribution in [2.75, 3.05) is 19.6 Å². The highest BCUT2D eigenvalue weighted by atomic mass is 16.1. The van der Waals surface area contributed by atoms with E-state index in [4.69, 9.17) is 0 Å². The van der Waals surface area contributed by atoms with Gasteiger partial charge in [0, 0.05) is 12.5 Å². The van der Waals surface area contributed by atoms with E-state index in [1.165, 1.54) is 38.5 Å². The normalized spacial score (nSPS) is 40.3. The van der Waals surface area contributed by atoms with Gasteiger partial charge >= 0.3 is 0 Å². The van der Waals surface area contributed by atoms with Gasteiger partial charge in [-0.25, -0.2) is 0 Å². The highest BCUT2D eigenvalue weighted by Gasteiger charge is 2.35. The molecule has 0 radical (unpaired) electrons. The smallest absolute Gasteiger partial charge is 0.223 e. The standard InChI is InChI=1S/C18H32N2O/c1-13-11-19-9-8-17(13)12-20-18(21)16-7-6-14-4-2-3-5-15(14)10-16/h13-17,19H,2-12H2,1H3,(H,20,21). The summed E-state index contributed by atoms with van der Waals surface area (Å²) < 4.78 is 0. The van der Waals surface area contributed by atoms with Gasteiger partial charge in [0.05, 0.1) is 0 Å². The largest absolute Gasteiger partial charge is 0.356 e. The Bertz CT molecular complexity index is 357. The van der Waals surface area contributed by atoms with Gasteiger partial charge in [-0.15, -0.1) is 0 Å². The Morgan fingerprint density at radius 1 is 1.10 bits per heavy atom. The van der Waals surface area contributed by atoms with E-state index in [0.717, 1.165) is 44.3 Å². The van der Waals surface area contributed by atoms with E-state index < -0.39 is 0 Å². The van der Waals surface area contributed by atoms with E-state index in [1.54, 1.807) is 0 Å². The maximum absolute atomic E-state index is 12.5. The fraction of sp³-hybridized carbons (Fsp3) is 0.944. The van der Waals surface area contributed by atoms with Gasteiger partial charge in [0.25, 0.3) is 0 Å². The molecule has 0 spiro atoms. The van der Waals surface area contributed by atoms with Crippen LogP contribution in [0.1, 0.15) is 58.3 Å². The summed E-state index contributed by atoms with van der Waals surface area (Å²) in [5.74, 6) is 3.80. The lowest BCUT2D eigenvalue weighted by Gasteiger charge is -2.39. The lowest BCUT2D eigenvalue weighted by molar-refractivity contribution is -0.127. The van der Waals surface area contributed by atoms with Crippen molar-refractivity contribution in [3.63, 3.8) is 0 Å². The molecule has 3 aliphatic rings. The van der Waals surface area contributed by atoms with Crippen molar-refractivity contribution in [2.24, 2.45) is 29.6 Å². The number of hydrogen-bond donors (Lipinski definition) is 2. The summed E-state index contributed by atoms with van der Waals surface area (Å²) in [4.78, 5) is 12.5. The van der Waals surface area contributed by atoms with E-state index in [9.17, 15) is 4.79 Å². The maximum atomic E-state index is 12.5. The molecule has 21 heavy (non-hydrogen) atoms. The van der Waals surface area contributed by atoms with Gasteiger partial charge in [0.1, 0.15) is 0 Å². The molecule has 3 fully saturated rings. The van der Waals surface area contributed by atoms with Crippen molar-refractivity contribution in [2.45, 2.75) is 58.3 Å². The Balaban J connectivity index is 1.44. The minimum absolute atomic E-state index is 0.307. The first-order valence-corrected chi connectivity index (χ1v) is 9.22. The molecule has 3 nitrogen and oxygen atoms in total. The first-order valence-electron chi connectivity index (χ1n) is 9.22. The molecule has 5 unspecified atom stereocenters. The molecule has 3 rings (SSSR count). The average molecular weight is 292 g/mol. The molecule has 0 bridgehead atoms. The second-order valence-corrected chi connectivity index (χ2v) is 7.79. The Labute approximate surface area is 129 Å². The summed E-state index contributed by atoms with van der Waals surface area (Å²) in [6.45, 7) is 5.41. The number of hydrogen-bond acceptors (Lipinski definition) is 2. The minimum atomic E-state index is 0.307. The third-order valence-corrected chi connectivity index (χ3v) is 6.41. The predicted molar refractivity (Wildman–Crippen MR) is 85.9 cm³/mol. The number of amides is 1. The summed E-state index contributed by atoms with van der Waals surface area (Å²) in [6, 6.07) is 0. The topological polar surface area (TPSA) is 41.1 Å². The van der Waals surface area contributed by atoms with Crippen LogP contribution in [0.3, 0.4) is 0 Å². The third kappa shape index (κ3) is 3.80. The summed E-state index contributed by atoms with van der Waals surface area (Å²) >= 11 is 0. The molecule has 0 aromatic heterocycles. The Morgan fingerprint density at radius 3 is 2.71 bits per heavy atom. The van der Waals surface area contributed by atoms with Gasteiger partial charge < -0.3 is 10.6 Å². The molecule has 1 amide bonds. The Hall–Kier alpha value is -0.570. The molecule has 3 heteroatoms. The number of rotatable bonds is 3. The van der Waals surface area contributed by atoms with Crippen molar-refractivity contribution in [1.82, 2.24) is 10.6 Å². The lowest BCUT2D eigenvalue weighted by Crippen LogP contribution is -2.43. The van der Waals surface area contributed by atoms with Gasteiger partial charge in [-0.05, 0) is 62.4 Å². The monoisotopic (exact) mass is 292 g/mol. The highest BCUT2D eigenvalue weighted by Crippen LogP contribution is 2.42. The maximum Gasteiger partial charge on any atom is 0.223 e. The second-order valence-electron chi connectivity index (χ2n) is 7.79. The number of fused-ring (bicyclic) bond motifs is 1. The molecule has 120 valence electrons. The molecule has 2 aliphatic carbocycles. The zero-order valence-electron chi connectivity index (χ0n) is 13.6. The van der Waals surface area contributed by atoms with Crippen LogP contribution in [-0.2, 0) is 4.79 Å². The highest BCUT2D eigenvalue weighted by molar-refractivity contribution is 5.78. The number of carbonyl (C=O) groups is 1. The van der Waals surface area contributed by atoms with E-state index >= 15 is 0 Å². The summed E-state index contributed by atoms with van der Waals surface area (Å²) in [5.41, 5.74) is 0. The zero-order valence-corrected chi connectivity index (χ0v) is 13.6. The van der Waals surface area contributed by atoms with Gasteiger partial charge in [-0.2, -0.15) is 0 Å². The Morgan fingerprint density at radius 2 is 1.90 bits per heavy atom. The number of piperidine rings is 1. The summed E-state index contributed by atoms with van der Waals surface area (Å²) in [6.07, 6.45) is 10.4. The van der Waals surface area contributed by atoms with Crippen molar-refractivity contribution in [1.29, 1.82) is 0 Å². The fourth-order valence-corrected chi connectivity index (χ4v) is 4.86. The van der Waals surface area contributed by atoms with E-state index in [0.29, 0.717) is 23.7 Å². The summed E-state index contributed by atoms with van der Waals surface area (Å²) in [7, 11) is 0. The van der Waals surface area contributed by atoms with Crippen molar-refractivity contribution in [3.8, 4) is 0 Å². The van der Waals surface area contributed by atoms with Crippen molar-refractivity contribution >= 4 is 5.91 Å². The second kappa shape index (κ2) is 7.13. The average Bonchev–Trinajstić information content (AvgIpc) is 2.53. The van der Waals surface area contributed by atoms with E-state index in [-0.39, 0.29) is 0 Å². The quantitative estimate of drug-likeness (QED) is 0.839. The van der Waals surface area contributed by atoms with Gasteiger partial charge in [0.2, 0.25) is 5.91 Å². The first kappa shape index (κ1) is 15.3. The molecule has 2 N–H and O–H groups in total. The van der Waals surface area contributed by atoms with Crippen LogP contribution in [0.4, 0.5) is 0 Å². The van der Waals surface area contributed by atoms with Gasteiger partial charge in [-0.3, -0.25) is 4.79 Å². The van der Waals surface area contributed by atoms with E-state index in [1.807, 2.05) is 0 Å². The molecule has 1 saturated heterocycles. The first-order chi connectivity index (χ1) is 10.2. The zero-order chi connectivity index (χ0) is 14.7. The molecule has 0 aromatic rings. The molecule has 1 heterocycles. The van der Waals surface area contributed by atoms with Crippen LogP contribution in [0.2, 0.25) is 0 Å². The van der Waals surface area contributed by atoms with Crippen LogP contribution < -0.4 is 10.6 Å². The fourth-order valence-electron chi connectivity index (χ4n) is 4.86. The SMILES string of the molecule is CC1CNCCC1CNC(=O)C1CCC2CCCCC2C1. The molecule has 5 atom stereocenters. The molecule has 2 saturated carbocycles. The molecular weight excluding hydrogens is 260 g/mol. The predicted octanol–water partition coefficient (Wildman–Crippen LogP) is 2.95. The van der Waals surface area contributed by atoms with Crippen LogP contribution in [0.25, 0.3) is 0 Å². The number of carbonyl (C=O) groups excluding carboxylic acids is 1. The van der Waals surface area contributed by atoms with Crippen molar-refractivity contribution < 1.29 is 4.79 Å². The van der Waals surface area contributed by atoms with Gasteiger partial charge in [-0.1, -0.05) is 32.6 Å². The van der Waals surface area contributed by atoms with Crippen LogP contribution in [0.15, 0.2) is 0 Å². The van der Waals surface area contributed by atoms with Crippen LogP contribution in [-0.4, -0.2) is 25.5 Å². The van der Waals surface area contributed by atoms with E-state index in [2.05, 4.69) is 17.6 Å². The van der Waals surface area contributed by atoms with Gasteiger partial charge in [0.15, 0.2) is 0 Å². The molecular formula is C18H32N2O. The van der Waals surface area contributed by atoms with Crippen LogP contribution in [0.5, 0.6) is 0 Å². The third-order valence-electron chi connectivity index (χ3n) is 6.41. The Kier molecular flexibility index (Phi) is 5.20. The van der Waals surface area contributed by atoms with Crippen molar-refractivity contribution in [3.05, 3.63) is 0 Å². The van der Waals surface area contributed by atoms with Crippen LogP contribution in [0, 0.1) is 29.6 Å². The summed E-state index contributed by atoms with van der Waals surface area (Å²) in [5, 5.41) is 6.72. The lowest BCUT2D eigenvalue weighted by atomic mass is 9.67.